The van der Waals surface area contributed by atoms with Crippen molar-refractivity contribution in [2.24, 2.45) is 0 Å². The summed E-state index contributed by atoms with van der Waals surface area (Å²) < 4.78 is 43.1. The Labute approximate surface area is 117 Å². The fraction of sp³-hybridized carbons (Fsp3) is 0.154. The van der Waals surface area contributed by atoms with Crippen molar-refractivity contribution in [2.45, 2.75) is 6.18 Å². The van der Waals surface area contributed by atoms with E-state index in [4.69, 9.17) is 0 Å². The normalized spacial score (nSPS) is 11.0. The number of para-hydroxylation sites is 1. The largest absolute Gasteiger partial charge is 0.465 e. The maximum absolute atomic E-state index is 12.9. The summed E-state index contributed by atoms with van der Waals surface area (Å²) in [4.78, 5) is 18.4. The molecule has 0 saturated heterocycles. The molecule has 0 radical (unpaired) electrons. The van der Waals surface area contributed by atoms with E-state index in [1.807, 2.05) is 0 Å². The molecule has 0 saturated carbocycles. The van der Waals surface area contributed by atoms with E-state index in [-0.39, 0.29) is 5.95 Å². The zero-order valence-corrected chi connectivity index (χ0v) is 10.8. The minimum absolute atomic E-state index is 0.263. The number of benzene rings is 1. The molecule has 0 aliphatic carbocycles. The van der Waals surface area contributed by atoms with E-state index in [1.165, 1.54) is 0 Å². The number of hydrogen-bond donors (Lipinski definition) is 1. The van der Waals surface area contributed by atoms with Crippen molar-refractivity contribution in [3.8, 4) is 0 Å². The van der Waals surface area contributed by atoms with Crippen molar-refractivity contribution >= 4 is 17.6 Å². The highest BCUT2D eigenvalue weighted by molar-refractivity contribution is 5.90. The highest BCUT2D eigenvalue weighted by Crippen LogP contribution is 2.31. The average Bonchev–Trinajstić information content (AvgIpc) is 2.46. The molecule has 110 valence electrons. The summed E-state index contributed by atoms with van der Waals surface area (Å²) in [5, 5.41) is 2.63. The Kier molecular flexibility index (Phi) is 4.06. The van der Waals surface area contributed by atoms with Gasteiger partial charge in [0.15, 0.2) is 5.69 Å². The highest BCUT2D eigenvalue weighted by Gasteiger charge is 2.38. The van der Waals surface area contributed by atoms with Gasteiger partial charge in [0, 0.05) is 11.9 Å². The fourth-order valence-corrected chi connectivity index (χ4v) is 1.57. The van der Waals surface area contributed by atoms with Gasteiger partial charge in [-0.1, -0.05) is 18.2 Å². The molecule has 0 atom stereocenters. The minimum atomic E-state index is -4.79. The maximum atomic E-state index is 12.9. The van der Waals surface area contributed by atoms with Crippen molar-refractivity contribution in [2.75, 3.05) is 12.4 Å². The zero-order valence-electron chi connectivity index (χ0n) is 10.8. The molecule has 8 heteroatoms. The topological polar surface area (TPSA) is 64.1 Å². The molecule has 5 nitrogen and oxygen atoms in total. The smallest absolute Gasteiger partial charge is 0.434 e. The number of nitrogens with one attached hydrogen (secondary N) is 1. The summed E-state index contributed by atoms with van der Waals surface area (Å²) in [5.41, 5.74) is -1.55. The number of ether oxygens (including phenoxy) is 1. The van der Waals surface area contributed by atoms with Gasteiger partial charge >= 0.3 is 12.1 Å². The van der Waals surface area contributed by atoms with Crippen molar-refractivity contribution in [3.05, 3.63) is 47.8 Å². The van der Waals surface area contributed by atoms with Crippen LogP contribution in [0.3, 0.4) is 0 Å². The summed E-state index contributed by atoms with van der Waals surface area (Å²) in [6, 6.07) is 8.45. The predicted molar refractivity (Wildman–Crippen MR) is 68.1 cm³/mol. The van der Waals surface area contributed by atoms with Crippen molar-refractivity contribution in [1.29, 1.82) is 0 Å². The second-order valence-corrected chi connectivity index (χ2v) is 3.94. The number of methoxy groups -OCH3 is 1. The standard InChI is InChI=1S/C13H10F3N3O2/c1-21-11(20)9-7-17-12(19-10(9)13(14,15)16)18-8-5-3-2-4-6-8/h2-7H,1H3,(H,17,18,19). The molecule has 2 aromatic rings. The second kappa shape index (κ2) is 5.78. The van der Waals surface area contributed by atoms with Crippen LogP contribution in [0.15, 0.2) is 36.5 Å². The van der Waals surface area contributed by atoms with Crippen LogP contribution in [0.4, 0.5) is 24.8 Å². The third-order valence-electron chi connectivity index (χ3n) is 2.49. The summed E-state index contributed by atoms with van der Waals surface area (Å²) in [5.74, 6) is -1.41. The molecule has 2 rings (SSSR count). The molecule has 1 N–H and O–H groups in total. The number of alkyl halides is 3. The van der Waals surface area contributed by atoms with Crippen LogP contribution < -0.4 is 5.32 Å². The van der Waals surface area contributed by atoms with Crippen LogP contribution in [0.25, 0.3) is 0 Å². The summed E-state index contributed by atoms with van der Waals surface area (Å²) in [6.45, 7) is 0. The maximum Gasteiger partial charge on any atom is 0.434 e. The second-order valence-electron chi connectivity index (χ2n) is 3.94. The number of halogens is 3. The molecule has 1 aromatic carbocycles. The van der Waals surface area contributed by atoms with Gasteiger partial charge in [-0.15, -0.1) is 0 Å². The molecule has 21 heavy (non-hydrogen) atoms. The Balaban J connectivity index is 2.40. The molecule has 0 bridgehead atoms. The van der Waals surface area contributed by atoms with E-state index in [0.29, 0.717) is 5.69 Å². The van der Waals surface area contributed by atoms with E-state index in [0.717, 1.165) is 13.3 Å². The molecule has 0 aliphatic rings. The lowest BCUT2D eigenvalue weighted by molar-refractivity contribution is -0.141. The molecule has 0 aliphatic heterocycles. The quantitative estimate of drug-likeness (QED) is 0.882. The van der Waals surface area contributed by atoms with Crippen LogP contribution in [-0.4, -0.2) is 23.0 Å². The summed E-state index contributed by atoms with van der Waals surface area (Å²) in [6.07, 6.45) is -4.01. The van der Waals surface area contributed by atoms with Gasteiger partial charge in [0.05, 0.1) is 7.11 Å². The van der Waals surface area contributed by atoms with Gasteiger partial charge in [0.1, 0.15) is 5.56 Å². The van der Waals surface area contributed by atoms with Crippen LogP contribution in [0.2, 0.25) is 0 Å². The number of carbonyl (C=O) groups excluding carboxylic acids is 1. The number of hydrogen-bond acceptors (Lipinski definition) is 5. The van der Waals surface area contributed by atoms with Crippen LogP contribution in [0, 0.1) is 0 Å². The van der Waals surface area contributed by atoms with Crippen molar-refractivity contribution < 1.29 is 22.7 Å². The predicted octanol–water partition coefficient (Wildman–Crippen LogP) is 3.03. The Morgan fingerprint density at radius 1 is 1.24 bits per heavy atom. The lowest BCUT2D eigenvalue weighted by Gasteiger charge is -2.12. The third-order valence-corrected chi connectivity index (χ3v) is 2.49. The van der Waals surface area contributed by atoms with Gasteiger partial charge < -0.3 is 10.1 Å². The first-order chi connectivity index (χ1) is 9.91. The van der Waals surface area contributed by atoms with E-state index >= 15 is 0 Å². The van der Waals surface area contributed by atoms with Gasteiger partial charge in [-0.25, -0.2) is 14.8 Å². The fourth-order valence-electron chi connectivity index (χ4n) is 1.57. The molecule has 1 heterocycles. The molecule has 0 unspecified atom stereocenters. The summed E-state index contributed by atoms with van der Waals surface area (Å²) in [7, 11) is 0.985. The zero-order chi connectivity index (χ0) is 15.5. The van der Waals surface area contributed by atoms with Crippen LogP contribution in [0.5, 0.6) is 0 Å². The minimum Gasteiger partial charge on any atom is -0.465 e. The lowest BCUT2D eigenvalue weighted by atomic mass is 10.2. The Bertz CT molecular complexity index is 645. The van der Waals surface area contributed by atoms with E-state index in [9.17, 15) is 18.0 Å². The van der Waals surface area contributed by atoms with Gasteiger partial charge in [-0.3, -0.25) is 0 Å². The number of aromatic nitrogens is 2. The number of nitrogens with zero attached hydrogens (tertiary/aromatic N) is 2. The Morgan fingerprint density at radius 3 is 2.48 bits per heavy atom. The number of carbonyl (C=O) groups is 1. The van der Waals surface area contributed by atoms with Crippen molar-refractivity contribution in [1.82, 2.24) is 9.97 Å². The first-order valence-electron chi connectivity index (χ1n) is 5.76. The van der Waals surface area contributed by atoms with Gasteiger partial charge in [0.25, 0.3) is 0 Å². The van der Waals surface area contributed by atoms with E-state index in [1.54, 1.807) is 30.3 Å². The lowest BCUT2D eigenvalue weighted by Crippen LogP contribution is -2.18. The van der Waals surface area contributed by atoms with Crippen molar-refractivity contribution in [3.63, 3.8) is 0 Å². The van der Waals surface area contributed by atoms with Gasteiger partial charge in [-0.2, -0.15) is 13.2 Å². The van der Waals surface area contributed by atoms with Crippen LogP contribution in [-0.2, 0) is 10.9 Å². The number of rotatable bonds is 3. The number of anilines is 2. The highest BCUT2D eigenvalue weighted by atomic mass is 19.4. The van der Waals surface area contributed by atoms with Gasteiger partial charge in [-0.05, 0) is 12.1 Å². The van der Waals surface area contributed by atoms with Crippen LogP contribution >= 0.6 is 0 Å². The molecular formula is C13H10F3N3O2. The Morgan fingerprint density at radius 2 is 1.90 bits per heavy atom. The molecule has 0 amide bonds. The first kappa shape index (κ1) is 14.8. The SMILES string of the molecule is COC(=O)c1cnc(Nc2ccccc2)nc1C(F)(F)F. The third kappa shape index (κ3) is 3.47. The molecule has 0 fully saturated rings. The van der Waals surface area contributed by atoms with Crippen LogP contribution in [0.1, 0.15) is 16.1 Å². The Hall–Kier alpha value is -2.64. The first-order valence-corrected chi connectivity index (χ1v) is 5.76. The van der Waals surface area contributed by atoms with Gasteiger partial charge in [0.2, 0.25) is 5.95 Å². The number of esters is 1. The molecular weight excluding hydrogens is 287 g/mol. The molecule has 0 spiro atoms. The average molecular weight is 297 g/mol. The summed E-state index contributed by atoms with van der Waals surface area (Å²) >= 11 is 0. The monoisotopic (exact) mass is 297 g/mol. The van der Waals surface area contributed by atoms with E-state index in [2.05, 4.69) is 20.0 Å². The molecule has 1 aromatic heterocycles. The van der Waals surface area contributed by atoms with E-state index < -0.39 is 23.4 Å².